The van der Waals surface area contributed by atoms with Crippen LogP contribution in [0.4, 0.5) is 52.7 Å². The summed E-state index contributed by atoms with van der Waals surface area (Å²) in [6.07, 6.45) is -19.4. The van der Waals surface area contributed by atoms with E-state index in [-0.39, 0.29) is 22.5 Å². The second-order valence-corrected chi connectivity index (χ2v) is 11.1. The van der Waals surface area contributed by atoms with Crippen LogP contribution >= 0.6 is 0 Å². The van der Waals surface area contributed by atoms with Gasteiger partial charge in [0.25, 0.3) is 0 Å². The van der Waals surface area contributed by atoms with Gasteiger partial charge in [-0.15, -0.1) is 0 Å². The van der Waals surface area contributed by atoms with Crippen LogP contribution in [0.1, 0.15) is 44.1 Å². The van der Waals surface area contributed by atoms with Gasteiger partial charge in [-0.3, -0.25) is 0 Å². The first-order valence-corrected chi connectivity index (χ1v) is 13.4. The summed E-state index contributed by atoms with van der Waals surface area (Å²) in [5.74, 6) is 0. The van der Waals surface area contributed by atoms with Gasteiger partial charge in [0.1, 0.15) is 0 Å². The summed E-state index contributed by atoms with van der Waals surface area (Å²) in [6, 6.07) is 6.53. The fraction of sp³-hybridized carbons (Fsp3) is 0.308. The van der Waals surface area contributed by atoms with E-state index in [0.717, 1.165) is 50.5 Å². The number of benzene rings is 2. The van der Waals surface area contributed by atoms with Crippen LogP contribution < -0.4 is 0 Å². The molecule has 2 heterocycles. The van der Waals surface area contributed by atoms with Crippen molar-refractivity contribution < 1.29 is 57.2 Å². The van der Waals surface area contributed by atoms with E-state index in [1.807, 2.05) is 0 Å². The molecule has 2 aromatic carbocycles. The van der Waals surface area contributed by atoms with Gasteiger partial charge in [-0.2, -0.15) is 62.9 Å². The fourth-order valence-electron chi connectivity index (χ4n) is 4.35. The fourth-order valence-corrected chi connectivity index (χ4v) is 6.15. The normalized spacial score (nSPS) is 15.3. The Bertz CT molecular complexity index is 1520. The predicted molar refractivity (Wildman–Crippen MR) is 132 cm³/mol. The first-order chi connectivity index (χ1) is 20.1. The van der Waals surface area contributed by atoms with Crippen molar-refractivity contribution >= 4 is 11.2 Å². The van der Waals surface area contributed by atoms with Crippen molar-refractivity contribution in [2.75, 3.05) is 0 Å². The van der Waals surface area contributed by atoms with Gasteiger partial charge in [-0.1, -0.05) is 12.1 Å². The van der Waals surface area contributed by atoms with E-state index in [2.05, 4.69) is 10.2 Å². The number of rotatable bonds is 6. The summed E-state index contributed by atoms with van der Waals surface area (Å²) in [7, 11) is 0. The average molecular weight is 663 g/mol. The molecule has 238 valence electrons. The van der Waals surface area contributed by atoms with Crippen LogP contribution in [0.25, 0.3) is 11.4 Å². The molecule has 0 bridgehead atoms. The summed E-state index contributed by atoms with van der Waals surface area (Å²) in [4.78, 5) is 0. The molecule has 0 saturated carbocycles. The number of alkyl halides is 12. The Labute approximate surface area is 243 Å². The first kappa shape index (κ1) is 33.2. The molecule has 0 aliphatic carbocycles. The number of nitrogens with zero attached hydrogens (tertiary/aromatic N) is 4. The van der Waals surface area contributed by atoms with Crippen molar-refractivity contribution in [1.29, 1.82) is 0 Å². The Hall–Kier alpha value is -3.67. The maximum absolute atomic E-state index is 14.5. The van der Waals surface area contributed by atoms with E-state index in [1.54, 1.807) is 0 Å². The van der Waals surface area contributed by atoms with Crippen molar-refractivity contribution in [2.24, 2.45) is 0 Å². The predicted octanol–water partition coefficient (Wildman–Crippen LogP) is 8.37. The lowest BCUT2D eigenvalue weighted by Gasteiger charge is -2.32. The van der Waals surface area contributed by atoms with Gasteiger partial charge in [0, 0.05) is 23.5 Å². The third-order valence-electron chi connectivity index (χ3n) is 6.44. The lowest BCUT2D eigenvalue weighted by molar-refractivity contribution is -0.142. The van der Waals surface area contributed by atoms with Crippen molar-refractivity contribution in [3.63, 3.8) is 0 Å². The van der Waals surface area contributed by atoms with E-state index in [9.17, 15) is 57.2 Å². The van der Waals surface area contributed by atoms with Crippen molar-refractivity contribution in [3.05, 3.63) is 94.6 Å². The van der Waals surface area contributed by atoms with E-state index < -0.39 is 68.9 Å². The molecule has 2 aromatic heterocycles. The highest BCUT2D eigenvalue weighted by Gasteiger charge is 2.60. The van der Waals surface area contributed by atoms with Gasteiger partial charge in [-0.25, -0.2) is 9.36 Å². The van der Waals surface area contributed by atoms with Crippen LogP contribution in [0.3, 0.4) is 0 Å². The zero-order valence-corrected chi connectivity index (χ0v) is 22.9. The zero-order valence-electron chi connectivity index (χ0n) is 22.1. The molecule has 5 nitrogen and oxygen atoms in total. The number of hydrogen-bond donors (Lipinski definition) is 0. The Morgan fingerprint density at radius 3 is 1.20 bits per heavy atom. The van der Waals surface area contributed by atoms with Gasteiger partial charge < -0.3 is 4.55 Å². The topological polar surface area (TPSA) is 58.7 Å². The minimum Gasteiger partial charge on any atom is -0.615 e. The van der Waals surface area contributed by atoms with Crippen LogP contribution in [-0.4, -0.2) is 36.5 Å². The van der Waals surface area contributed by atoms with Crippen molar-refractivity contribution in [3.8, 4) is 11.4 Å². The van der Waals surface area contributed by atoms with Crippen LogP contribution in [0.15, 0.2) is 60.9 Å². The minimum absolute atomic E-state index is 0.268. The smallest absolute Gasteiger partial charge is 0.440 e. The van der Waals surface area contributed by atoms with E-state index in [4.69, 9.17) is 0 Å². The van der Waals surface area contributed by atoms with Gasteiger partial charge in [-0.05, 0) is 72.5 Å². The van der Waals surface area contributed by atoms with Crippen molar-refractivity contribution in [1.82, 2.24) is 19.6 Å². The molecule has 0 saturated heterocycles. The van der Waals surface area contributed by atoms with Gasteiger partial charge in [0.05, 0.1) is 11.4 Å². The molecule has 0 N–H and O–H groups in total. The van der Waals surface area contributed by atoms with Crippen LogP contribution in [0, 0.1) is 13.8 Å². The largest absolute Gasteiger partial charge is 0.615 e. The molecular weight excluding hydrogens is 644 g/mol. The Balaban J connectivity index is 1.84. The molecule has 0 spiro atoms. The highest BCUT2D eigenvalue weighted by atomic mass is 32.2. The highest BCUT2D eigenvalue weighted by molar-refractivity contribution is 7.92. The summed E-state index contributed by atoms with van der Waals surface area (Å²) < 4.78 is 180. The van der Waals surface area contributed by atoms with Crippen LogP contribution in [0.5, 0.6) is 0 Å². The third kappa shape index (κ3) is 6.85. The van der Waals surface area contributed by atoms with E-state index in [1.165, 1.54) is 0 Å². The SMILES string of the molecule is Cc1ccc(-n2ccc(C(F)(F)F)n2)cc1C([S+]([O-])C(c1cc(-n2ccc(C(F)(F)F)n2)ccc1C)C(F)(F)F)C(F)(F)F. The van der Waals surface area contributed by atoms with Gasteiger partial charge in [0.2, 0.25) is 10.5 Å². The number of aromatic nitrogens is 4. The lowest BCUT2D eigenvalue weighted by atomic mass is 10.0. The molecule has 44 heavy (non-hydrogen) atoms. The molecular formula is C26H18F12N4OS. The monoisotopic (exact) mass is 662 g/mol. The second kappa shape index (κ2) is 11.4. The summed E-state index contributed by atoms with van der Waals surface area (Å²) in [5, 5.41) is -0.0827. The Morgan fingerprint density at radius 2 is 0.932 bits per heavy atom. The number of hydrogen-bond acceptors (Lipinski definition) is 3. The van der Waals surface area contributed by atoms with Crippen LogP contribution in [0.2, 0.25) is 0 Å². The van der Waals surface area contributed by atoms with E-state index >= 15 is 0 Å². The maximum Gasteiger partial charge on any atom is 0.440 e. The van der Waals surface area contributed by atoms with Gasteiger partial charge >= 0.3 is 24.7 Å². The quantitative estimate of drug-likeness (QED) is 0.154. The molecule has 0 aliphatic rings. The third-order valence-corrected chi connectivity index (χ3v) is 8.41. The molecule has 4 rings (SSSR count). The van der Waals surface area contributed by atoms with Crippen LogP contribution in [-0.2, 0) is 23.5 Å². The standard InChI is InChI=1S/C26H18F12N4OS/c1-13-3-5-15(41-9-7-19(39-41)23(27,28)29)11-17(13)21(25(33,34)35)44(43)22(26(36,37)38)18-12-16(6-4-14(18)2)42-10-8-20(40-42)24(30,31)32/h3-12,21-22H,1-2H3. The maximum atomic E-state index is 14.5. The molecule has 0 fully saturated rings. The lowest BCUT2D eigenvalue weighted by Crippen LogP contribution is -2.38. The number of aryl methyl sites for hydroxylation is 2. The zero-order chi connectivity index (χ0) is 33.0. The summed E-state index contributed by atoms with van der Waals surface area (Å²) in [5.41, 5.74) is -5.90. The minimum atomic E-state index is -5.56. The molecule has 0 radical (unpaired) electrons. The first-order valence-electron chi connectivity index (χ1n) is 12.1. The molecule has 0 amide bonds. The summed E-state index contributed by atoms with van der Waals surface area (Å²) in [6.45, 7) is 2.17. The molecule has 4 aromatic rings. The molecule has 2 atom stereocenters. The average Bonchev–Trinajstić information content (AvgIpc) is 3.55. The molecule has 2 unspecified atom stereocenters. The molecule has 18 heteroatoms. The molecule has 0 aliphatic heterocycles. The number of halogens is 12. The Morgan fingerprint density at radius 1 is 0.591 bits per heavy atom. The summed E-state index contributed by atoms with van der Waals surface area (Å²) >= 11 is -3.87. The Kier molecular flexibility index (Phi) is 8.58. The van der Waals surface area contributed by atoms with Crippen molar-refractivity contribution in [2.45, 2.75) is 49.1 Å². The van der Waals surface area contributed by atoms with Gasteiger partial charge in [0.15, 0.2) is 11.4 Å². The second-order valence-electron chi connectivity index (χ2n) is 9.54. The van der Waals surface area contributed by atoms with E-state index in [0.29, 0.717) is 33.6 Å². The highest BCUT2D eigenvalue weighted by Crippen LogP contribution is 2.51.